The van der Waals surface area contributed by atoms with E-state index in [-0.39, 0.29) is 133 Å². The van der Waals surface area contributed by atoms with Gasteiger partial charge in [-0.2, -0.15) is 0 Å². The number of sulfone groups is 1. The average molecular weight is 798 g/mol. The third-order valence-electron chi connectivity index (χ3n) is 6.38. The Morgan fingerprint density at radius 1 is 0.780 bits per heavy atom. The van der Waals surface area contributed by atoms with Gasteiger partial charge in [0.1, 0.15) is 37.4 Å². The summed E-state index contributed by atoms with van der Waals surface area (Å²) in [6, 6.07) is 12.2. The zero-order valence-electron chi connectivity index (χ0n) is 27.0. The van der Waals surface area contributed by atoms with Crippen LogP contribution in [0.3, 0.4) is 0 Å². The van der Waals surface area contributed by atoms with E-state index < -0.39 is 74.1 Å². The number of phenolic OH excluding ortho intramolecular Hbond substituents is 1. The smallest absolute Gasteiger partial charge is 0.744 e. The Labute approximate surface area is 354 Å². The van der Waals surface area contributed by atoms with Gasteiger partial charge in [-0.25, -0.2) is 33.7 Å². The molecule has 0 atom stereocenters. The molecule has 2 N–H and O–H groups in total. The number of ether oxygens (including phenoxy) is 1. The van der Waals surface area contributed by atoms with E-state index in [2.05, 4.69) is 19.7 Å². The fourth-order valence-corrected chi connectivity index (χ4v) is 7.21. The van der Waals surface area contributed by atoms with Crippen LogP contribution in [0.4, 0.5) is 22.7 Å². The maximum atomic E-state index is 12.8. The first-order valence-electron chi connectivity index (χ1n) is 12.7. The van der Waals surface area contributed by atoms with E-state index in [4.69, 9.17) is 4.74 Å². The van der Waals surface area contributed by atoms with Crippen molar-refractivity contribution in [3.05, 3.63) is 66.2 Å². The van der Waals surface area contributed by atoms with Crippen molar-refractivity contribution in [3.8, 4) is 11.5 Å². The second-order valence-electron chi connectivity index (χ2n) is 9.61. The third kappa shape index (κ3) is 11.9. The molecule has 4 rings (SSSR count). The summed E-state index contributed by atoms with van der Waals surface area (Å²) in [6.45, 7) is 0.394. The molecule has 0 amide bonds. The van der Waals surface area contributed by atoms with Crippen LogP contribution in [0, 0.1) is 6.92 Å². The summed E-state index contributed by atoms with van der Waals surface area (Å²) in [5.74, 6) is -1.88. The van der Waals surface area contributed by atoms with Crippen molar-refractivity contribution in [2.75, 3.05) is 24.8 Å². The molecule has 0 unspecified atom stereocenters. The maximum Gasteiger partial charge on any atom is 1.00 e. The Balaban J connectivity index is 0.00000417. The van der Waals surface area contributed by atoms with E-state index in [0.717, 1.165) is 31.4 Å². The number of rotatable bonds is 12. The van der Waals surface area contributed by atoms with E-state index >= 15 is 0 Å². The SMILES string of the molecule is COc1cc(S(=O)(=O)CCOS(=O)(=O)[O-])c(C)cc1N=Nc1c(S(=O)(=O)[O-])cc2ccc(Nc3cccc(S(=O)(=O)[O-])c3)cc2c1O.[Na+].[Na+].[Na+]. The van der Waals surface area contributed by atoms with Crippen molar-refractivity contribution in [1.29, 1.82) is 0 Å². The van der Waals surface area contributed by atoms with Crippen LogP contribution in [0.25, 0.3) is 10.8 Å². The first-order valence-corrected chi connectivity index (χ1v) is 18.5. The summed E-state index contributed by atoms with van der Waals surface area (Å²) in [4.78, 5) is -1.78. The largest absolute Gasteiger partial charge is 1.00 e. The maximum absolute atomic E-state index is 12.8. The monoisotopic (exact) mass is 797 g/mol. The Hall–Kier alpha value is -1.22. The van der Waals surface area contributed by atoms with Crippen molar-refractivity contribution < 1.29 is 150 Å². The summed E-state index contributed by atoms with van der Waals surface area (Å²) in [7, 11) is -18.2. The van der Waals surface area contributed by atoms with Gasteiger partial charge in [-0.3, -0.25) is 4.18 Å². The minimum atomic E-state index is -5.25. The molecule has 0 aliphatic carbocycles. The second-order valence-corrected chi connectivity index (χ2v) is 15.5. The predicted octanol–water partition coefficient (Wildman–Crippen LogP) is -5.91. The molecular formula is C26H22N3Na3O14S4. The minimum Gasteiger partial charge on any atom is -0.744 e. The molecule has 0 saturated carbocycles. The van der Waals surface area contributed by atoms with Gasteiger partial charge < -0.3 is 28.8 Å². The number of fused-ring (bicyclic) bond motifs is 1. The topological polar surface area (TPSA) is 281 Å². The molecule has 0 saturated heterocycles. The number of aryl methyl sites for hydroxylation is 1. The van der Waals surface area contributed by atoms with Gasteiger partial charge in [0.25, 0.3) is 0 Å². The molecule has 0 spiro atoms. The molecule has 4 aromatic carbocycles. The summed E-state index contributed by atoms with van der Waals surface area (Å²) in [5.41, 5.74) is -0.443. The van der Waals surface area contributed by atoms with Gasteiger partial charge in [0.2, 0.25) is 10.4 Å². The molecule has 0 fully saturated rings. The van der Waals surface area contributed by atoms with E-state index in [1.165, 1.54) is 43.3 Å². The Bertz CT molecular complexity index is 2380. The van der Waals surface area contributed by atoms with Crippen LogP contribution in [-0.4, -0.2) is 71.9 Å². The molecule has 0 radical (unpaired) electrons. The summed E-state index contributed by atoms with van der Waals surface area (Å²) in [6.07, 6.45) is 0. The molecule has 4 aromatic rings. The van der Waals surface area contributed by atoms with Crippen LogP contribution < -0.4 is 98.7 Å². The van der Waals surface area contributed by atoms with Crippen molar-refractivity contribution in [1.82, 2.24) is 0 Å². The first kappa shape index (κ1) is 46.8. The fraction of sp³-hybridized carbons (Fsp3) is 0.154. The van der Waals surface area contributed by atoms with Gasteiger partial charge in [0, 0.05) is 22.8 Å². The van der Waals surface area contributed by atoms with E-state index in [9.17, 15) is 52.4 Å². The Morgan fingerprint density at radius 2 is 1.42 bits per heavy atom. The van der Waals surface area contributed by atoms with Crippen LogP contribution in [0.5, 0.6) is 11.5 Å². The van der Waals surface area contributed by atoms with Gasteiger partial charge in [-0.15, -0.1) is 10.2 Å². The molecule has 17 nitrogen and oxygen atoms in total. The number of anilines is 2. The zero-order valence-corrected chi connectivity index (χ0v) is 36.2. The minimum absolute atomic E-state index is 0. The van der Waals surface area contributed by atoms with E-state index in [1.54, 1.807) is 0 Å². The van der Waals surface area contributed by atoms with Crippen LogP contribution in [0.15, 0.2) is 85.6 Å². The zero-order chi connectivity index (χ0) is 34.9. The molecule has 0 bridgehead atoms. The van der Waals surface area contributed by atoms with Crippen LogP contribution in [0.1, 0.15) is 5.56 Å². The number of hydrogen-bond acceptors (Lipinski definition) is 17. The quantitative estimate of drug-likeness (QED) is 0.0584. The summed E-state index contributed by atoms with van der Waals surface area (Å²) < 4.78 is 137. The number of nitrogens with one attached hydrogen (secondary N) is 1. The van der Waals surface area contributed by atoms with Crippen molar-refractivity contribution >= 4 is 74.0 Å². The van der Waals surface area contributed by atoms with E-state index in [0.29, 0.717) is 0 Å². The van der Waals surface area contributed by atoms with Crippen LogP contribution in [-0.2, 0) is 44.7 Å². The molecule has 50 heavy (non-hydrogen) atoms. The van der Waals surface area contributed by atoms with Gasteiger partial charge in [-0.1, -0.05) is 12.1 Å². The molecule has 252 valence electrons. The molecule has 0 aliphatic heterocycles. The predicted molar refractivity (Wildman–Crippen MR) is 161 cm³/mol. The molecule has 0 aliphatic rings. The van der Waals surface area contributed by atoms with Crippen LogP contribution >= 0.6 is 0 Å². The Kier molecular flexibility index (Phi) is 17.0. The normalized spacial score (nSPS) is 12.1. The molecule has 24 heteroatoms. The molecular weight excluding hydrogens is 776 g/mol. The number of methoxy groups -OCH3 is 1. The Morgan fingerprint density at radius 3 is 2.00 bits per heavy atom. The van der Waals surface area contributed by atoms with Gasteiger partial charge in [-0.05, 0) is 60.3 Å². The average Bonchev–Trinajstić information content (AvgIpc) is 2.95. The van der Waals surface area contributed by atoms with Crippen molar-refractivity contribution in [2.45, 2.75) is 21.6 Å². The van der Waals surface area contributed by atoms with Gasteiger partial charge >= 0.3 is 88.7 Å². The van der Waals surface area contributed by atoms with E-state index in [1.807, 2.05) is 0 Å². The molecule has 0 heterocycles. The number of phenols is 1. The summed E-state index contributed by atoms with van der Waals surface area (Å²) in [5, 5.41) is 21.7. The number of aromatic hydroxyl groups is 1. The van der Waals surface area contributed by atoms with Crippen molar-refractivity contribution in [3.63, 3.8) is 0 Å². The number of nitrogens with zero attached hydrogens (tertiary/aromatic N) is 2. The second kappa shape index (κ2) is 18.2. The summed E-state index contributed by atoms with van der Waals surface area (Å²) >= 11 is 0. The standard InChI is InChI=1S/C26H25N3O14S4.3Na/c1-15-10-21(22(42-2)14-23(15)44(31,32)9-8-43-47(39,40)41)28-29-25-24(46(36,37)38)11-16-6-7-18(13-20(16)26(25)30)27-17-4-3-5-19(12-17)45(33,34)35;;;/h3-7,10-14,27,30H,8-9H2,1-2H3,(H,33,34,35)(H,36,37,38)(H,39,40,41);;;/q;3*+1/p-3. The number of azo groups is 1. The number of hydrogen-bond donors (Lipinski definition) is 2. The first-order chi connectivity index (χ1) is 21.7. The molecule has 0 aromatic heterocycles. The fourth-order valence-electron chi connectivity index (χ4n) is 4.29. The third-order valence-corrected chi connectivity index (χ3v) is 10.3. The number of benzene rings is 4. The van der Waals surface area contributed by atoms with Crippen LogP contribution in [0.2, 0.25) is 0 Å². The van der Waals surface area contributed by atoms with Gasteiger partial charge in [0.05, 0.1) is 34.2 Å². The van der Waals surface area contributed by atoms with Crippen molar-refractivity contribution in [2.24, 2.45) is 10.2 Å². The van der Waals surface area contributed by atoms with Gasteiger partial charge in [0.15, 0.2) is 15.6 Å².